The van der Waals surface area contributed by atoms with E-state index in [2.05, 4.69) is 17.1 Å². The summed E-state index contributed by atoms with van der Waals surface area (Å²) in [6.07, 6.45) is 7.29. The van der Waals surface area contributed by atoms with Crippen molar-refractivity contribution in [2.75, 3.05) is 6.61 Å². The molecule has 0 radical (unpaired) electrons. The van der Waals surface area contributed by atoms with Crippen LogP contribution in [0.3, 0.4) is 0 Å². The van der Waals surface area contributed by atoms with Crippen molar-refractivity contribution in [2.24, 2.45) is 0 Å². The van der Waals surface area contributed by atoms with Crippen LogP contribution in [0.5, 0.6) is 5.75 Å². The fourth-order valence-electron chi connectivity index (χ4n) is 2.13. The first kappa shape index (κ1) is 15.2. The Hall–Kier alpha value is -2.16. The number of aldehydes is 1. The van der Waals surface area contributed by atoms with Crippen LogP contribution in [0.2, 0.25) is 0 Å². The monoisotopic (exact) mass is 283 g/mol. The van der Waals surface area contributed by atoms with Crippen LogP contribution in [0.1, 0.15) is 30.5 Å². The lowest BCUT2D eigenvalue weighted by Gasteiger charge is -2.07. The zero-order valence-electron chi connectivity index (χ0n) is 12.2. The zero-order chi connectivity index (χ0) is 14.8. The lowest BCUT2D eigenvalue weighted by molar-refractivity contribution is -0.107. The lowest BCUT2D eigenvalue weighted by Crippen LogP contribution is -2.02. The molecule has 21 heavy (non-hydrogen) atoms. The van der Waals surface area contributed by atoms with Crippen molar-refractivity contribution in [2.45, 2.75) is 32.1 Å². The summed E-state index contributed by atoms with van der Waals surface area (Å²) in [6, 6.07) is 14.1. The third-order valence-corrected chi connectivity index (χ3v) is 3.31. The number of nitrogens with zero attached hydrogens (tertiary/aromatic N) is 1. The maximum absolute atomic E-state index is 10.2. The Morgan fingerprint density at radius 3 is 2.57 bits per heavy atom. The average molecular weight is 283 g/mol. The van der Waals surface area contributed by atoms with Gasteiger partial charge in [0.2, 0.25) is 0 Å². The molecule has 2 aromatic rings. The second-order valence-corrected chi connectivity index (χ2v) is 4.98. The van der Waals surface area contributed by atoms with Gasteiger partial charge < -0.3 is 9.53 Å². The van der Waals surface area contributed by atoms with Crippen molar-refractivity contribution in [3.05, 3.63) is 59.9 Å². The number of ether oxygens (including phenoxy) is 1. The van der Waals surface area contributed by atoms with Crippen LogP contribution in [-0.2, 0) is 17.6 Å². The molecule has 2 rings (SSSR count). The fourth-order valence-corrected chi connectivity index (χ4v) is 2.13. The van der Waals surface area contributed by atoms with Gasteiger partial charge in [0.1, 0.15) is 12.0 Å². The van der Waals surface area contributed by atoms with Gasteiger partial charge in [-0.25, -0.2) is 0 Å². The molecule has 0 spiro atoms. The molecule has 3 nitrogen and oxygen atoms in total. The van der Waals surface area contributed by atoms with Gasteiger partial charge in [-0.05, 0) is 49.1 Å². The van der Waals surface area contributed by atoms with Crippen molar-refractivity contribution in [1.82, 2.24) is 4.98 Å². The van der Waals surface area contributed by atoms with Crippen LogP contribution in [0.25, 0.3) is 0 Å². The van der Waals surface area contributed by atoms with Crippen molar-refractivity contribution >= 4 is 6.29 Å². The number of benzene rings is 1. The highest BCUT2D eigenvalue weighted by atomic mass is 16.5. The molecule has 1 aromatic heterocycles. The molecule has 0 unspecified atom stereocenters. The van der Waals surface area contributed by atoms with Crippen molar-refractivity contribution in [3.63, 3.8) is 0 Å². The summed E-state index contributed by atoms with van der Waals surface area (Å²) in [5.41, 5.74) is 2.34. The topological polar surface area (TPSA) is 39.2 Å². The molecule has 0 saturated carbocycles. The molecule has 0 saturated heterocycles. The highest BCUT2D eigenvalue weighted by Gasteiger charge is 1.98. The first-order valence-corrected chi connectivity index (χ1v) is 7.44. The van der Waals surface area contributed by atoms with E-state index in [9.17, 15) is 4.79 Å². The van der Waals surface area contributed by atoms with Crippen LogP contribution in [0.4, 0.5) is 0 Å². The van der Waals surface area contributed by atoms with Gasteiger partial charge in [0.05, 0.1) is 6.61 Å². The maximum atomic E-state index is 10.2. The Labute approximate surface area is 126 Å². The second-order valence-electron chi connectivity index (χ2n) is 4.98. The molecule has 110 valence electrons. The lowest BCUT2D eigenvalue weighted by atomic mass is 10.1. The predicted molar refractivity (Wildman–Crippen MR) is 83.5 cm³/mol. The molecule has 0 N–H and O–H groups in total. The Kier molecular flexibility index (Phi) is 6.46. The Bertz CT molecular complexity index is 523. The summed E-state index contributed by atoms with van der Waals surface area (Å²) in [7, 11) is 0. The third-order valence-electron chi connectivity index (χ3n) is 3.31. The normalized spacial score (nSPS) is 10.3. The van der Waals surface area contributed by atoms with Crippen LogP contribution in [0.15, 0.2) is 48.7 Å². The van der Waals surface area contributed by atoms with Crippen LogP contribution in [0, 0.1) is 0 Å². The molecule has 0 fully saturated rings. The largest absolute Gasteiger partial charge is 0.493 e. The van der Waals surface area contributed by atoms with E-state index >= 15 is 0 Å². The van der Waals surface area contributed by atoms with E-state index in [1.165, 1.54) is 5.56 Å². The highest BCUT2D eigenvalue weighted by Crippen LogP contribution is 2.14. The average Bonchev–Trinajstić information content (AvgIpc) is 2.54. The summed E-state index contributed by atoms with van der Waals surface area (Å²) in [4.78, 5) is 14.5. The van der Waals surface area contributed by atoms with Crippen molar-refractivity contribution < 1.29 is 9.53 Å². The van der Waals surface area contributed by atoms with Gasteiger partial charge in [0.25, 0.3) is 0 Å². The minimum Gasteiger partial charge on any atom is -0.493 e. The number of hydrogen-bond acceptors (Lipinski definition) is 3. The fraction of sp³-hybridized carbons (Fsp3) is 0.333. The first-order valence-electron chi connectivity index (χ1n) is 7.44. The number of carbonyl (C=O) groups is 1. The molecular formula is C18H21NO2. The smallest absolute Gasteiger partial charge is 0.119 e. The van der Waals surface area contributed by atoms with Crippen LogP contribution >= 0.6 is 0 Å². The van der Waals surface area contributed by atoms with Gasteiger partial charge in [-0.1, -0.05) is 18.2 Å². The van der Waals surface area contributed by atoms with Crippen LogP contribution < -0.4 is 4.74 Å². The Morgan fingerprint density at radius 2 is 1.86 bits per heavy atom. The summed E-state index contributed by atoms with van der Waals surface area (Å²) in [5, 5.41) is 0. The Morgan fingerprint density at radius 1 is 1.00 bits per heavy atom. The minimum atomic E-state index is 0.635. The molecule has 3 heteroatoms. The Balaban J connectivity index is 1.71. The molecular weight excluding hydrogens is 262 g/mol. The van der Waals surface area contributed by atoms with E-state index < -0.39 is 0 Å². The number of unbranched alkanes of at least 4 members (excludes halogenated alkanes) is 2. The van der Waals surface area contributed by atoms with Crippen LogP contribution in [-0.4, -0.2) is 17.9 Å². The van der Waals surface area contributed by atoms with Gasteiger partial charge in [-0.2, -0.15) is 0 Å². The van der Waals surface area contributed by atoms with Crippen molar-refractivity contribution in [3.8, 4) is 5.75 Å². The number of pyridine rings is 1. The summed E-state index contributed by atoms with van der Waals surface area (Å²) in [5.74, 6) is 0.891. The molecule has 0 amide bonds. The van der Waals surface area contributed by atoms with E-state index in [1.54, 1.807) is 6.20 Å². The van der Waals surface area contributed by atoms with E-state index in [4.69, 9.17) is 4.74 Å². The molecule has 0 aliphatic carbocycles. The van der Waals surface area contributed by atoms with Gasteiger partial charge in [-0.15, -0.1) is 0 Å². The quantitative estimate of drug-likeness (QED) is 0.521. The molecule has 1 aromatic carbocycles. The second kappa shape index (κ2) is 8.90. The van der Waals surface area contributed by atoms with Gasteiger partial charge in [-0.3, -0.25) is 4.98 Å². The molecule has 0 atom stereocenters. The van der Waals surface area contributed by atoms with E-state index in [1.807, 2.05) is 30.3 Å². The standard InChI is InChI=1S/C18H21NO2/c20-14-5-1-2-6-16-8-10-18(11-9-16)21-15-12-17-7-3-4-13-19-17/h3-4,7-11,13-14H,1-2,5-6,12,15H2. The highest BCUT2D eigenvalue weighted by molar-refractivity contribution is 5.48. The molecule has 0 bridgehead atoms. The maximum Gasteiger partial charge on any atom is 0.119 e. The van der Waals surface area contributed by atoms with E-state index in [0.29, 0.717) is 13.0 Å². The van der Waals surface area contributed by atoms with Gasteiger partial charge in [0, 0.05) is 24.7 Å². The van der Waals surface area contributed by atoms with E-state index in [0.717, 1.165) is 43.4 Å². The zero-order valence-corrected chi connectivity index (χ0v) is 12.2. The molecule has 0 aliphatic rings. The summed E-state index contributed by atoms with van der Waals surface area (Å²) in [6.45, 7) is 0.635. The number of hydrogen-bond donors (Lipinski definition) is 0. The minimum absolute atomic E-state index is 0.635. The summed E-state index contributed by atoms with van der Waals surface area (Å²) < 4.78 is 5.72. The third kappa shape index (κ3) is 5.78. The summed E-state index contributed by atoms with van der Waals surface area (Å²) >= 11 is 0. The number of aryl methyl sites for hydroxylation is 1. The SMILES string of the molecule is O=CCCCCc1ccc(OCCc2ccccn2)cc1. The number of carbonyl (C=O) groups excluding carboxylic acids is 1. The van der Waals surface area contributed by atoms with E-state index in [-0.39, 0.29) is 0 Å². The number of aromatic nitrogens is 1. The first-order chi connectivity index (χ1) is 10.4. The van der Waals surface area contributed by atoms with Gasteiger partial charge >= 0.3 is 0 Å². The molecule has 0 aliphatic heterocycles. The number of rotatable bonds is 9. The van der Waals surface area contributed by atoms with Crippen molar-refractivity contribution in [1.29, 1.82) is 0 Å². The van der Waals surface area contributed by atoms with Gasteiger partial charge in [0.15, 0.2) is 0 Å². The molecule has 1 heterocycles. The predicted octanol–water partition coefficient (Wildman–Crippen LogP) is 3.61.